The Morgan fingerprint density at radius 2 is 1.95 bits per heavy atom. The maximum absolute atomic E-state index is 13.2. The Kier molecular flexibility index (Phi) is 4.63. The Bertz CT molecular complexity index is 615. The molecular weight excluding hydrogens is 277 g/mol. The minimum atomic E-state index is -0.334. The summed E-state index contributed by atoms with van der Waals surface area (Å²) in [4.78, 5) is 0. The molecule has 2 nitrogen and oxygen atoms in total. The predicted octanol–water partition coefficient (Wildman–Crippen LogP) is 4.10. The van der Waals surface area contributed by atoms with Crippen molar-refractivity contribution in [2.45, 2.75) is 13.0 Å². The molecule has 2 rings (SSSR count). The highest BCUT2D eigenvalue weighted by Crippen LogP contribution is 2.31. The lowest BCUT2D eigenvalue weighted by atomic mass is 9.97. The zero-order valence-electron chi connectivity index (χ0n) is 11.7. The summed E-state index contributed by atoms with van der Waals surface area (Å²) in [6.07, 6.45) is 0. The fraction of sp³-hybridized carbons (Fsp3) is 0.250. The van der Waals surface area contributed by atoms with Gasteiger partial charge in [-0.15, -0.1) is 0 Å². The highest BCUT2D eigenvalue weighted by molar-refractivity contribution is 6.31. The van der Waals surface area contributed by atoms with Gasteiger partial charge in [-0.2, -0.15) is 0 Å². The van der Waals surface area contributed by atoms with E-state index in [0.29, 0.717) is 5.02 Å². The number of hydrogen-bond acceptors (Lipinski definition) is 2. The fourth-order valence-corrected chi connectivity index (χ4v) is 2.59. The van der Waals surface area contributed by atoms with Gasteiger partial charge in [0.05, 0.1) is 13.2 Å². The van der Waals surface area contributed by atoms with Gasteiger partial charge < -0.3 is 10.1 Å². The highest BCUT2D eigenvalue weighted by atomic mass is 35.5. The third kappa shape index (κ3) is 2.94. The second-order valence-corrected chi connectivity index (χ2v) is 5.02. The summed E-state index contributed by atoms with van der Waals surface area (Å²) in [6.45, 7) is 1.99. The van der Waals surface area contributed by atoms with Crippen molar-refractivity contribution in [3.8, 4) is 5.75 Å². The number of benzene rings is 2. The molecular formula is C16H17ClFNO. The van der Waals surface area contributed by atoms with Crippen LogP contribution in [0.15, 0.2) is 36.4 Å². The first kappa shape index (κ1) is 14.8. The molecule has 1 atom stereocenters. The molecule has 1 N–H and O–H groups in total. The molecule has 0 fully saturated rings. The van der Waals surface area contributed by atoms with Gasteiger partial charge in [0.2, 0.25) is 0 Å². The molecule has 0 aliphatic heterocycles. The first-order chi connectivity index (χ1) is 9.56. The lowest BCUT2D eigenvalue weighted by molar-refractivity contribution is 0.411. The zero-order valence-corrected chi connectivity index (χ0v) is 12.5. The number of hydrogen-bond donors (Lipinski definition) is 1. The van der Waals surface area contributed by atoms with E-state index in [0.717, 1.165) is 22.4 Å². The number of nitrogens with one attached hydrogen (secondary N) is 1. The minimum absolute atomic E-state index is 0.0901. The van der Waals surface area contributed by atoms with E-state index in [1.54, 1.807) is 13.2 Å². The molecule has 0 saturated carbocycles. The van der Waals surface area contributed by atoms with Crippen LogP contribution in [-0.4, -0.2) is 14.2 Å². The number of methoxy groups -OCH3 is 1. The summed E-state index contributed by atoms with van der Waals surface area (Å²) in [7, 11) is 3.50. The van der Waals surface area contributed by atoms with Crippen LogP contribution in [0.5, 0.6) is 5.75 Å². The molecule has 0 saturated heterocycles. The van der Waals surface area contributed by atoms with E-state index >= 15 is 0 Å². The van der Waals surface area contributed by atoms with Crippen molar-refractivity contribution in [1.29, 1.82) is 0 Å². The Balaban J connectivity index is 2.44. The summed E-state index contributed by atoms with van der Waals surface area (Å²) < 4.78 is 18.4. The zero-order chi connectivity index (χ0) is 14.7. The number of ether oxygens (including phenoxy) is 1. The van der Waals surface area contributed by atoms with Crippen LogP contribution in [0, 0.1) is 12.7 Å². The quantitative estimate of drug-likeness (QED) is 0.916. The standard InChI is InChI=1S/C16H17ClFNO/c1-10-8-11(4-7-15(10)20-3)16(19-2)13-6-5-12(18)9-14(13)17/h4-9,16,19H,1-3H3. The van der Waals surface area contributed by atoms with E-state index in [2.05, 4.69) is 5.32 Å². The number of aryl methyl sites for hydroxylation is 1. The first-order valence-electron chi connectivity index (χ1n) is 6.33. The van der Waals surface area contributed by atoms with Gasteiger partial charge in [0, 0.05) is 5.02 Å². The monoisotopic (exact) mass is 293 g/mol. The van der Waals surface area contributed by atoms with Crippen molar-refractivity contribution in [1.82, 2.24) is 5.32 Å². The van der Waals surface area contributed by atoms with E-state index in [9.17, 15) is 4.39 Å². The molecule has 2 aromatic carbocycles. The van der Waals surface area contributed by atoms with Gasteiger partial charge in [0.25, 0.3) is 0 Å². The van der Waals surface area contributed by atoms with Crippen LogP contribution < -0.4 is 10.1 Å². The Hall–Kier alpha value is -1.58. The van der Waals surface area contributed by atoms with Crippen LogP contribution in [0.2, 0.25) is 5.02 Å². The van der Waals surface area contributed by atoms with Crippen molar-refractivity contribution in [3.05, 3.63) is 63.9 Å². The number of rotatable bonds is 4. The van der Waals surface area contributed by atoms with Crippen molar-refractivity contribution in [3.63, 3.8) is 0 Å². The van der Waals surface area contributed by atoms with Gasteiger partial charge in [-0.25, -0.2) is 4.39 Å². The number of halogens is 2. The summed E-state index contributed by atoms with van der Waals surface area (Å²) in [5.74, 6) is 0.508. The van der Waals surface area contributed by atoms with Gasteiger partial charge >= 0.3 is 0 Å². The fourth-order valence-electron chi connectivity index (χ4n) is 2.32. The van der Waals surface area contributed by atoms with Crippen molar-refractivity contribution in [2.24, 2.45) is 0 Å². The SMILES string of the molecule is CNC(c1ccc(OC)c(C)c1)c1ccc(F)cc1Cl. The van der Waals surface area contributed by atoms with Gasteiger partial charge in [0.15, 0.2) is 0 Å². The molecule has 0 aliphatic rings. The maximum Gasteiger partial charge on any atom is 0.124 e. The normalized spacial score (nSPS) is 12.2. The smallest absolute Gasteiger partial charge is 0.124 e. The summed E-state index contributed by atoms with van der Waals surface area (Å²) in [5, 5.41) is 3.63. The molecule has 20 heavy (non-hydrogen) atoms. The van der Waals surface area contributed by atoms with E-state index in [-0.39, 0.29) is 11.9 Å². The maximum atomic E-state index is 13.2. The molecule has 0 spiro atoms. The van der Waals surface area contributed by atoms with Crippen LogP contribution in [0.1, 0.15) is 22.7 Å². The second kappa shape index (κ2) is 6.25. The van der Waals surface area contributed by atoms with Crippen LogP contribution in [0.25, 0.3) is 0 Å². The molecule has 0 aromatic heterocycles. The molecule has 0 amide bonds. The van der Waals surface area contributed by atoms with E-state index < -0.39 is 0 Å². The van der Waals surface area contributed by atoms with Gasteiger partial charge in [0.1, 0.15) is 11.6 Å². The van der Waals surface area contributed by atoms with Crippen LogP contribution in [-0.2, 0) is 0 Å². The van der Waals surface area contributed by atoms with E-state index in [1.807, 2.05) is 32.2 Å². The van der Waals surface area contributed by atoms with Crippen LogP contribution in [0.4, 0.5) is 4.39 Å². The molecule has 0 bridgehead atoms. The summed E-state index contributed by atoms with van der Waals surface area (Å²) >= 11 is 6.15. The van der Waals surface area contributed by atoms with Crippen LogP contribution in [0.3, 0.4) is 0 Å². The highest BCUT2D eigenvalue weighted by Gasteiger charge is 2.16. The lowest BCUT2D eigenvalue weighted by Crippen LogP contribution is -2.18. The largest absolute Gasteiger partial charge is 0.496 e. The predicted molar refractivity (Wildman–Crippen MR) is 80.0 cm³/mol. The average Bonchev–Trinajstić information content (AvgIpc) is 2.42. The molecule has 4 heteroatoms. The van der Waals surface area contributed by atoms with Crippen LogP contribution >= 0.6 is 11.6 Å². The lowest BCUT2D eigenvalue weighted by Gasteiger charge is -2.20. The molecule has 106 valence electrons. The molecule has 0 heterocycles. The molecule has 2 aromatic rings. The first-order valence-corrected chi connectivity index (χ1v) is 6.71. The third-order valence-corrected chi connectivity index (χ3v) is 3.64. The summed E-state index contributed by atoms with van der Waals surface area (Å²) in [6, 6.07) is 10.3. The Morgan fingerprint density at radius 1 is 1.20 bits per heavy atom. The van der Waals surface area contributed by atoms with Gasteiger partial charge in [-0.05, 0) is 48.9 Å². The third-order valence-electron chi connectivity index (χ3n) is 3.31. The molecule has 1 unspecified atom stereocenters. The average molecular weight is 294 g/mol. The molecule has 0 radical (unpaired) electrons. The van der Waals surface area contributed by atoms with Crippen molar-refractivity contribution in [2.75, 3.05) is 14.2 Å². The van der Waals surface area contributed by atoms with Crippen molar-refractivity contribution < 1.29 is 9.13 Å². The molecule has 0 aliphatic carbocycles. The van der Waals surface area contributed by atoms with E-state index in [1.165, 1.54) is 12.1 Å². The van der Waals surface area contributed by atoms with Gasteiger partial charge in [-0.3, -0.25) is 0 Å². The Labute approximate surface area is 123 Å². The topological polar surface area (TPSA) is 21.3 Å². The van der Waals surface area contributed by atoms with Gasteiger partial charge in [-0.1, -0.05) is 29.8 Å². The second-order valence-electron chi connectivity index (χ2n) is 4.62. The Morgan fingerprint density at radius 3 is 2.50 bits per heavy atom. The summed E-state index contributed by atoms with van der Waals surface area (Å²) in [5.41, 5.74) is 2.95. The van der Waals surface area contributed by atoms with Crippen molar-refractivity contribution >= 4 is 11.6 Å². The van der Waals surface area contributed by atoms with E-state index in [4.69, 9.17) is 16.3 Å². The minimum Gasteiger partial charge on any atom is -0.496 e.